The van der Waals surface area contributed by atoms with Crippen LogP contribution < -0.4 is 9.21 Å². The Morgan fingerprint density at radius 2 is 1.79 bits per heavy atom. The summed E-state index contributed by atoms with van der Waals surface area (Å²) in [6.07, 6.45) is 1.13. The Hall–Kier alpha value is -1.79. The molecule has 2 aromatic carbocycles. The van der Waals surface area contributed by atoms with E-state index in [-0.39, 0.29) is 0 Å². The summed E-state index contributed by atoms with van der Waals surface area (Å²) in [7, 11) is -1.76. The maximum absolute atomic E-state index is 12.6. The van der Waals surface area contributed by atoms with E-state index in [2.05, 4.69) is 28.9 Å². The van der Waals surface area contributed by atoms with Crippen LogP contribution in [0, 0.1) is 0 Å². The van der Waals surface area contributed by atoms with E-state index in [1.807, 2.05) is 12.1 Å². The van der Waals surface area contributed by atoms with Crippen molar-refractivity contribution < 1.29 is 8.42 Å². The van der Waals surface area contributed by atoms with Crippen LogP contribution in [0.15, 0.2) is 35.2 Å². The van der Waals surface area contributed by atoms with E-state index in [1.54, 1.807) is 13.1 Å². The molecular formula is C18H23N3O2S. The minimum absolute atomic E-state index is 0.435. The van der Waals surface area contributed by atoms with E-state index in [9.17, 15) is 8.42 Å². The molecule has 0 N–H and O–H groups in total. The van der Waals surface area contributed by atoms with Gasteiger partial charge in [0.2, 0.25) is 0 Å². The Morgan fingerprint density at radius 1 is 1.00 bits per heavy atom. The van der Waals surface area contributed by atoms with Gasteiger partial charge in [-0.1, -0.05) is 19.1 Å². The summed E-state index contributed by atoms with van der Waals surface area (Å²) in [6.45, 7) is 7.46. The molecule has 0 radical (unpaired) electrons. The lowest BCUT2D eigenvalue weighted by atomic mass is 10.1. The van der Waals surface area contributed by atoms with Gasteiger partial charge in [-0.05, 0) is 37.7 Å². The van der Waals surface area contributed by atoms with E-state index < -0.39 is 10.0 Å². The molecule has 2 heterocycles. The van der Waals surface area contributed by atoms with Crippen molar-refractivity contribution >= 4 is 32.2 Å². The van der Waals surface area contributed by atoms with Crippen LogP contribution in [-0.2, 0) is 10.0 Å². The van der Waals surface area contributed by atoms with Gasteiger partial charge in [-0.15, -0.1) is 0 Å². The van der Waals surface area contributed by atoms with Crippen LogP contribution in [0.4, 0.5) is 11.4 Å². The van der Waals surface area contributed by atoms with Gasteiger partial charge in [-0.25, -0.2) is 8.42 Å². The molecule has 0 bridgehead atoms. The lowest BCUT2D eigenvalue weighted by Gasteiger charge is -2.25. The molecule has 4 rings (SSSR count). The minimum atomic E-state index is -3.40. The Morgan fingerprint density at radius 3 is 2.58 bits per heavy atom. The van der Waals surface area contributed by atoms with Crippen molar-refractivity contribution in [3.8, 4) is 0 Å². The standard InChI is InChI=1S/C18H23N3O2S/c1-3-20-10-5-11-21(13-12-20)15-8-9-16-18-14(15)6-4-7-17(18)24(22,23)19(16)2/h4,6-9H,3,5,10-13H2,1-2H3. The number of hydrogen-bond donors (Lipinski definition) is 0. The Kier molecular flexibility index (Phi) is 3.69. The summed E-state index contributed by atoms with van der Waals surface area (Å²) in [5.74, 6) is 0. The van der Waals surface area contributed by atoms with Crippen LogP contribution in [0.2, 0.25) is 0 Å². The first-order valence-electron chi connectivity index (χ1n) is 8.56. The molecule has 0 spiro atoms. The molecule has 1 saturated heterocycles. The molecule has 2 aliphatic rings. The molecule has 24 heavy (non-hydrogen) atoms. The van der Waals surface area contributed by atoms with E-state index in [0.29, 0.717) is 4.90 Å². The molecule has 0 aromatic heterocycles. The maximum Gasteiger partial charge on any atom is 0.264 e. The molecule has 0 saturated carbocycles. The molecule has 2 aromatic rings. The van der Waals surface area contributed by atoms with Gasteiger partial charge in [0.15, 0.2) is 0 Å². The van der Waals surface area contributed by atoms with Crippen LogP contribution >= 0.6 is 0 Å². The highest BCUT2D eigenvalue weighted by Gasteiger charge is 2.34. The molecule has 128 valence electrons. The zero-order valence-corrected chi connectivity index (χ0v) is 15.0. The third-order valence-electron chi connectivity index (χ3n) is 5.31. The zero-order valence-electron chi connectivity index (χ0n) is 14.2. The Bertz CT molecular complexity index is 895. The van der Waals surface area contributed by atoms with Crippen molar-refractivity contribution in [1.82, 2.24) is 4.90 Å². The van der Waals surface area contributed by atoms with Gasteiger partial charge >= 0.3 is 0 Å². The Balaban J connectivity index is 1.84. The summed E-state index contributed by atoms with van der Waals surface area (Å²) < 4.78 is 26.6. The second-order valence-corrected chi connectivity index (χ2v) is 8.47. The summed E-state index contributed by atoms with van der Waals surface area (Å²) in [5.41, 5.74) is 1.94. The molecule has 2 aliphatic heterocycles. The average molecular weight is 345 g/mol. The third kappa shape index (κ3) is 2.20. The zero-order chi connectivity index (χ0) is 16.9. The predicted octanol–water partition coefficient (Wildman–Crippen LogP) is 2.51. The van der Waals surface area contributed by atoms with Crippen molar-refractivity contribution in [1.29, 1.82) is 0 Å². The molecular weight excluding hydrogens is 322 g/mol. The normalized spacial score (nSPS) is 20.6. The fourth-order valence-electron chi connectivity index (χ4n) is 3.90. The lowest BCUT2D eigenvalue weighted by molar-refractivity contribution is 0.310. The molecule has 6 heteroatoms. The van der Waals surface area contributed by atoms with Gasteiger partial charge < -0.3 is 9.80 Å². The third-order valence-corrected chi connectivity index (χ3v) is 7.13. The van der Waals surface area contributed by atoms with Gasteiger partial charge in [0.1, 0.15) is 0 Å². The van der Waals surface area contributed by atoms with Crippen molar-refractivity contribution in [2.75, 3.05) is 49.0 Å². The fraction of sp³-hybridized carbons (Fsp3) is 0.444. The van der Waals surface area contributed by atoms with Crippen LogP contribution in [0.1, 0.15) is 13.3 Å². The highest BCUT2D eigenvalue weighted by molar-refractivity contribution is 7.93. The summed E-state index contributed by atoms with van der Waals surface area (Å²) in [5, 5.41) is 1.91. The highest BCUT2D eigenvalue weighted by Crippen LogP contribution is 2.44. The highest BCUT2D eigenvalue weighted by atomic mass is 32.2. The van der Waals surface area contributed by atoms with Crippen LogP contribution in [-0.4, -0.2) is 53.1 Å². The first kappa shape index (κ1) is 15.7. The van der Waals surface area contributed by atoms with Gasteiger partial charge in [-0.3, -0.25) is 4.31 Å². The first-order valence-corrected chi connectivity index (χ1v) is 10.00. The van der Waals surface area contributed by atoms with Gasteiger partial charge in [0.25, 0.3) is 10.0 Å². The van der Waals surface area contributed by atoms with Crippen LogP contribution in [0.5, 0.6) is 0 Å². The Labute approximate surface area is 143 Å². The molecule has 0 amide bonds. The number of benzene rings is 2. The van der Waals surface area contributed by atoms with Crippen molar-refractivity contribution in [3.05, 3.63) is 30.3 Å². The van der Waals surface area contributed by atoms with Crippen LogP contribution in [0.25, 0.3) is 10.8 Å². The lowest BCUT2D eigenvalue weighted by Crippen LogP contribution is -2.30. The summed E-state index contributed by atoms with van der Waals surface area (Å²) in [6, 6.07) is 9.66. The van der Waals surface area contributed by atoms with E-state index in [1.165, 1.54) is 4.31 Å². The van der Waals surface area contributed by atoms with Crippen molar-refractivity contribution in [3.63, 3.8) is 0 Å². The van der Waals surface area contributed by atoms with Gasteiger partial charge in [-0.2, -0.15) is 0 Å². The second-order valence-electron chi connectivity index (χ2n) is 6.53. The fourth-order valence-corrected chi connectivity index (χ4v) is 5.33. The predicted molar refractivity (Wildman–Crippen MR) is 98.5 cm³/mol. The monoisotopic (exact) mass is 345 g/mol. The second kappa shape index (κ2) is 5.63. The summed E-state index contributed by atoms with van der Waals surface area (Å²) in [4.78, 5) is 5.31. The average Bonchev–Trinajstić information content (AvgIpc) is 2.78. The van der Waals surface area contributed by atoms with Crippen LogP contribution in [0.3, 0.4) is 0 Å². The topological polar surface area (TPSA) is 43.9 Å². The molecule has 1 fully saturated rings. The SMILES string of the molecule is CCN1CCCN(c2ccc3c4c(cccc24)S(=O)(=O)N3C)CC1. The number of hydrogen-bond acceptors (Lipinski definition) is 4. The smallest absolute Gasteiger partial charge is 0.264 e. The van der Waals surface area contributed by atoms with Gasteiger partial charge in [0.05, 0.1) is 10.6 Å². The minimum Gasteiger partial charge on any atom is -0.370 e. The number of sulfonamides is 1. The van der Waals surface area contributed by atoms with Crippen molar-refractivity contribution in [2.45, 2.75) is 18.2 Å². The van der Waals surface area contributed by atoms with E-state index in [4.69, 9.17) is 0 Å². The van der Waals surface area contributed by atoms with E-state index in [0.717, 1.165) is 61.3 Å². The number of likely N-dealkylation sites (N-methyl/N-ethyl adjacent to an activating group) is 1. The van der Waals surface area contributed by atoms with E-state index >= 15 is 0 Å². The maximum atomic E-state index is 12.6. The molecule has 0 atom stereocenters. The number of rotatable bonds is 2. The number of anilines is 2. The number of nitrogens with zero attached hydrogens (tertiary/aromatic N) is 3. The summed E-state index contributed by atoms with van der Waals surface area (Å²) >= 11 is 0. The largest absolute Gasteiger partial charge is 0.370 e. The van der Waals surface area contributed by atoms with Gasteiger partial charge in [0, 0.05) is 43.1 Å². The molecule has 0 aliphatic carbocycles. The van der Waals surface area contributed by atoms with Crippen molar-refractivity contribution in [2.24, 2.45) is 0 Å². The first-order chi connectivity index (χ1) is 11.5. The molecule has 5 nitrogen and oxygen atoms in total. The molecule has 0 unspecified atom stereocenters. The quantitative estimate of drug-likeness (QED) is 0.839.